The molecule has 3 nitrogen and oxygen atoms in total. The number of aliphatic hydroxyl groups is 1. The number of ether oxygens (including phenoxy) is 1. The molecule has 2 atom stereocenters. The molecule has 0 aliphatic heterocycles. The standard InChI is InChI=1S/C17H28ClNO2/c1-5-7-14(19)15(20)9-8-13-12(4)17(18)11(3)10-16(13)21-6-2/h10,14-15,20H,5-9,19H2,1-4H3. The number of hydrogen-bond acceptors (Lipinski definition) is 3. The van der Waals surface area contributed by atoms with E-state index in [9.17, 15) is 5.11 Å². The number of benzene rings is 1. The van der Waals surface area contributed by atoms with Crippen LogP contribution in [-0.4, -0.2) is 23.9 Å². The molecule has 4 heteroatoms. The van der Waals surface area contributed by atoms with Crippen LogP contribution in [0, 0.1) is 13.8 Å². The predicted molar refractivity (Wildman–Crippen MR) is 89.3 cm³/mol. The summed E-state index contributed by atoms with van der Waals surface area (Å²) in [5.74, 6) is 0.869. The van der Waals surface area contributed by atoms with Crippen LogP contribution in [-0.2, 0) is 6.42 Å². The Hall–Kier alpha value is -0.770. The molecule has 1 rings (SSSR count). The van der Waals surface area contributed by atoms with Gasteiger partial charge in [-0.05, 0) is 62.8 Å². The minimum Gasteiger partial charge on any atom is -0.494 e. The fourth-order valence-corrected chi connectivity index (χ4v) is 2.76. The maximum absolute atomic E-state index is 10.1. The van der Waals surface area contributed by atoms with Crippen LogP contribution in [0.15, 0.2) is 6.07 Å². The molecule has 2 unspecified atom stereocenters. The Kier molecular flexibility index (Phi) is 7.50. The highest BCUT2D eigenvalue weighted by molar-refractivity contribution is 6.32. The molecule has 3 N–H and O–H groups in total. The quantitative estimate of drug-likeness (QED) is 0.768. The van der Waals surface area contributed by atoms with Gasteiger partial charge in [0.25, 0.3) is 0 Å². The first-order valence-electron chi connectivity index (χ1n) is 7.77. The Morgan fingerprint density at radius 2 is 1.95 bits per heavy atom. The maximum Gasteiger partial charge on any atom is 0.123 e. The van der Waals surface area contributed by atoms with Crippen molar-refractivity contribution < 1.29 is 9.84 Å². The van der Waals surface area contributed by atoms with Gasteiger partial charge in [0.15, 0.2) is 0 Å². The predicted octanol–water partition coefficient (Wildman–Crippen LogP) is 3.78. The summed E-state index contributed by atoms with van der Waals surface area (Å²) in [5.41, 5.74) is 9.11. The van der Waals surface area contributed by atoms with Crippen molar-refractivity contribution in [3.8, 4) is 5.75 Å². The SMILES string of the molecule is CCCC(N)C(O)CCc1c(OCC)cc(C)c(Cl)c1C. The molecule has 0 aliphatic carbocycles. The first-order valence-corrected chi connectivity index (χ1v) is 8.15. The topological polar surface area (TPSA) is 55.5 Å². The summed E-state index contributed by atoms with van der Waals surface area (Å²) in [7, 11) is 0. The van der Waals surface area contributed by atoms with Gasteiger partial charge in [-0.25, -0.2) is 0 Å². The molecule has 21 heavy (non-hydrogen) atoms. The molecule has 120 valence electrons. The number of halogens is 1. The molecule has 0 fully saturated rings. The van der Waals surface area contributed by atoms with Crippen molar-refractivity contribution in [3.63, 3.8) is 0 Å². The lowest BCUT2D eigenvalue weighted by Crippen LogP contribution is -2.34. The van der Waals surface area contributed by atoms with Crippen molar-refractivity contribution in [1.29, 1.82) is 0 Å². The fourth-order valence-electron chi connectivity index (χ4n) is 2.59. The van der Waals surface area contributed by atoms with Crippen LogP contribution in [0.4, 0.5) is 0 Å². The van der Waals surface area contributed by atoms with Gasteiger partial charge in [0.1, 0.15) is 5.75 Å². The van der Waals surface area contributed by atoms with Crippen molar-refractivity contribution >= 4 is 11.6 Å². The number of rotatable bonds is 8. The molecule has 0 heterocycles. The van der Waals surface area contributed by atoms with Crippen molar-refractivity contribution in [1.82, 2.24) is 0 Å². The van der Waals surface area contributed by atoms with Gasteiger partial charge in [-0.15, -0.1) is 0 Å². The third-order valence-electron chi connectivity index (χ3n) is 3.88. The summed E-state index contributed by atoms with van der Waals surface area (Å²) < 4.78 is 5.72. The highest BCUT2D eigenvalue weighted by Crippen LogP contribution is 2.33. The minimum atomic E-state index is -0.487. The molecule has 1 aromatic rings. The van der Waals surface area contributed by atoms with Crippen LogP contribution < -0.4 is 10.5 Å². The maximum atomic E-state index is 10.1. The zero-order chi connectivity index (χ0) is 16.0. The second-order valence-electron chi connectivity index (χ2n) is 5.60. The smallest absolute Gasteiger partial charge is 0.123 e. The molecule has 0 saturated heterocycles. The second kappa shape index (κ2) is 8.62. The third-order valence-corrected chi connectivity index (χ3v) is 4.46. The van der Waals surface area contributed by atoms with Gasteiger partial charge >= 0.3 is 0 Å². The summed E-state index contributed by atoms with van der Waals surface area (Å²) in [4.78, 5) is 0. The largest absolute Gasteiger partial charge is 0.494 e. The Bertz CT molecular complexity index is 463. The second-order valence-corrected chi connectivity index (χ2v) is 5.98. The zero-order valence-electron chi connectivity index (χ0n) is 13.6. The molecule has 0 spiro atoms. The van der Waals surface area contributed by atoms with E-state index in [4.69, 9.17) is 22.1 Å². The van der Waals surface area contributed by atoms with Crippen molar-refractivity contribution in [2.45, 2.75) is 65.5 Å². The molecular formula is C17H28ClNO2. The van der Waals surface area contributed by atoms with E-state index in [1.807, 2.05) is 26.8 Å². The molecule has 0 aliphatic rings. The van der Waals surface area contributed by atoms with Gasteiger partial charge < -0.3 is 15.6 Å². The van der Waals surface area contributed by atoms with Gasteiger partial charge in [-0.1, -0.05) is 24.9 Å². The number of hydrogen-bond donors (Lipinski definition) is 2. The molecule has 1 aromatic carbocycles. The lowest BCUT2D eigenvalue weighted by atomic mass is 9.95. The average molecular weight is 314 g/mol. The van der Waals surface area contributed by atoms with E-state index in [0.29, 0.717) is 13.0 Å². The van der Waals surface area contributed by atoms with Gasteiger partial charge in [0, 0.05) is 11.1 Å². The van der Waals surface area contributed by atoms with E-state index in [0.717, 1.165) is 46.7 Å². The van der Waals surface area contributed by atoms with E-state index >= 15 is 0 Å². The summed E-state index contributed by atoms with van der Waals surface area (Å²) in [6.07, 6.45) is 2.69. The van der Waals surface area contributed by atoms with Crippen LogP contribution >= 0.6 is 11.6 Å². The molecule has 0 radical (unpaired) electrons. The van der Waals surface area contributed by atoms with Crippen LogP contribution in [0.3, 0.4) is 0 Å². The summed E-state index contributed by atoms with van der Waals surface area (Å²) in [6, 6.07) is 1.82. The first-order chi connectivity index (χ1) is 9.92. The normalized spacial score (nSPS) is 14.0. The lowest BCUT2D eigenvalue weighted by Gasteiger charge is -2.20. The summed E-state index contributed by atoms with van der Waals surface area (Å²) in [6.45, 7) is 8.64. The fraction of sp³-hybridized carbons (Fsp3) is 0.647. The highest BCUT2D eigenvalue weighted by atomic mass is 35.5. The third kappa shape index (κ3) is 4.87. The van der Waals surface area contributed by atoms with Gasteiger partial charge in [-0.3, -0.25) is 0 Å². The van der Waals surface area contributed by atoms with Gasteiger partial charge in [0.05, 0.1) is 12.7 Å². The monoisotopic (exact) mass is 313 g/mol. The Morgan fingerprint density at radius 1 is 1.29 bits per heavy atom. The molecule has 0 amide bonds. The Morgan fingerprint density at radius 3 is 2.52 bits per heavy atom. The molecule has 0 saturated carbocycles. The molecule has 0 bridgehead atoms. The van der Waals surface area contributed by atoms with Crippen molar-refractivity contribution in [2.24, 2.45) is 5.73 Å². The van der Waals surface area contributed by atoms with Crippen molar-refractivity contribution in [2.75, 3.05) is 6.61 Å². The average Bonchev–Trinajstić information content (AvgIpc) is 2.45. The number of aryl methyl sites for hydroxylation is 1. The van der Waals surface area contributed by atoms with Gasteiger partial charge in [-0.2, -0.15) is 0 Å². The van der Waals surface area contributed by atoms with E-state index in [1.54, 1.807) is 0 Å². The van der Waals surface area contributed by atoms with Crippen molar-refractivity contribution in [3.05, 3.63) is 27.8 Å². The Labute approximate surface area is 133 Å². The number of nitrogens with two attached hydrogens (primary N) is 1. The van der Waals surface area contributed by atoms with Crippen LogP contribution in [0.2, 0.25) is 5.02 Å². The van der Waals surface area contributed by atoms with E-state index in [-0.39, 0.29) is 6.04 Å². The van der Waals surface area contributed by atoms with Crippen LogP contribution in [0.25, 0.3) is 0 Å². The zero-order valence-corrected chi connectivity index (χ0v) is 14.3. The van der Waals surface area contributed by atoms with E-state index < -0.39 is 6.10 Å². The van der Waals surface area contributed by atoms with Crippen LogP contribution in [0.1, 0.15) is 49.8 Å². The molecule has 0 aromatic heterocycles. The summed E-state index contributed by atoms with van der Waals surface area (Å²) in [5, 5.41) is 10.9. The minimum absolute atomic E-state index is 0.160. The van der Waals surface area contributed by atoms with E-state index in [1.165, 1.54) is 0 Å². The number of aliphatic hydroxyl groups excluding tert-OH is 1. The van der Waals surface area contributed by atoms with Crippen LogP contribution in [0.5, 0.6) is 5.75 Å². The lowest BCUT2D eigenvalue weighted by molar-refractivity contribution is 0.130. The first kappa shape index (κ1) is 18.3. The highest BCUT2D eigenvalue weighted by Gasteiger charge is 2.18. The van der Waals surface area contributed by atoms with E-state index in [2.05, 4.69) is 6.92 Å². The molecular weight excluding hydrogens is 286 g/mol. The summed E-state index contributed by atoms with van der Waals surface area (Å²) >= 11 is 6.34. The Balaban J connectivity index is 2.89. The van der Waals surface area contributed by atoms with Gasteiger partial charge in [0.2, 0.25) is 0 Å².